The van der Waals surface area contributed by atoms with Crippen molar-refractivity contribution in [3.8, 4) is 0 Å². The number of nitrogens with zero attached hydrogens (tertiary/aromatic N) is 5. The zero-order valence-corrected chi connectivity index (χ0v) is 11.1. The standard InChI is InChI=1S/C12H16N8/c1-19-6-4-14-10(19)2-3-15-11-12-16-5-7-20(12)8-9(17-11)18-13/h4-8,18H,2-3,13H2,1H3,(H,15,17). The maximum absolute atomic E-state index is 5.42. The summed E-state index contributed by atoms with van der Waals surface area (Å²) >= 11 is 0. The van der Waals surface area contributed by atoms with Crippen LogP contribution in [-0.4, -0.2) is 30.5 Å². The van der Waals surface area contributed by atoms with E-state index in [9.17, 15) is 0 Å². The number of imidazole rings is 2. The van der Waals surface area contributed by atoms with Gasteiger partial charge < -0.3 is 19.7 Å². The van der Waals surface area contributed by atoms with E-state index in [1.165, 1.54) is 0 Å². The molecule has 8 heteroatoms. The second-order valence-corrected chi connectivity index (χ2v) is 4.41. The fourth-order valence-corrected chi connectivity index (χ4v) is 2.05. The molecule has 0 amide bonds. The lowest BCUT2D eigenvalue weighted by Crippen LogP contribution is -2.14. The average molecular weight is 272 g/mol. The molecule has 0 fully saturated rings. The van der Waals surface area contributed by atoms with Gasteiger partial charge in [-0.15, -0.1) is 0 Å². The van der Waals surface area contributed by atoms with E-state index in [4.69, 9.17) is 5.84 Å². The maximum atomic E-state index is 5.42. The third kappa shape index (κ3) is 2.28. The topological polar surface area (TPSA) is 98.1 Å². The van der Waals surface area contributed by atoms with Gasteiger partial charge in [0.2, 0.25) is 0 Å². The second kappa shape index (κ2) is 5.17. The van der Waals surface area contributed by atoms with Gasteiger partial charge in [-0.2, -0.15) is 0 Å². The van der Waals surface area contributed by atoms with Gasteiger partial charge >= 0.3 is 0 Å². The Kier molecular flexibility index (Phi) is 3.21. The molecule has 0 saturated carbocycles. The predicted octanol–water partition coefficient (Wildman–Crippen LogP) is 0.403. The molecule has 20 heavy (non-hydrogen) atoms. The van der Waals surface area contributed by atoms with Crippen LogP contribution in [0, 0.1) is 0 Å². The van der Waals surface area contributed by atoms with Crippen molar-refractivity contribution in [2.75, 3.05) is 17.3 Å². The van der Waals surface area contributed by atoms with Crippen molar-refractivity contribution in [3.63, 3.8) is 0 Å². The van der Waals surface area contributed by atoms with Crippen LogP contribution in [0.3, 0.4) is 0 Å². The van der Waals surface area contributed by atoms with E-state index in [-0.39, 0.29) is 0 Å². The Hall–Kier alpha value is -2.61. The summed E-state index contributed by atoms with van der Waals surface area (Å²) in [5, 5.41) is 3.27. The largest absolute Gasteiger partial charge is 0.366 e. The van der Waals surface area contributed by atoms with E-state index in [1.54, 1.807) is 18.6 Å². The highest BCUT2D eigenvalue weighted by molar-refractivity contribution is 5.65. The molecular weight excluding hydrogens is 256 g/mol. The van der Waals surface area contributed by atoms with Crippen molar-refractivity contribution in [1.29, 1.82) is 0 Å². The first-order valence-electron chi connectivity index (χ1n) is 6.28. The summed E-state index contributed by atoms with van der Waals surface area (Å²) in [5.41, 5.74) is 3.31. The molecule has 8 nitrogen and oxygen atoms in total. The van der Waals surface area contributed by atoms with Crippen LogP contribution in [0.5, 0.6) is 0 Å². The Morgan fingerprint density at radius 3 is 2.85 bits per heavy atom. The van der Waals surface area contributed by atoms with E-state index in [1.807, 2.05) is 28.4 Å². The molecule has 0 aromatic carbocycles. The van der Waals surface area contributed by atoms with E-state index in [0.717, 1.165) is 17.9 Å². The summed E-state index contributed by atoms with van der Waals surface area (Å²) in [6.07, 6.45) is 9.88. The summed E-state index contributed by atoms with van der Waals surface area (Å²) < 4.78 is 3.86. The summed E-state index contributed by atoms with van der Waals surface area (Å²) in [4.78, 5) is 12.9. The Balaban J connectivity index is 1.76. The molecule has 0 bridgehead atoms. The van der Waals surface area contributed by atoms with Crippen LogP contribution in [-0.2, 0) is 13.5 Å². The minimum atomic E-state index is 0.579. The van der Waals surface area contributed by atoms with E-state index in [2.05, 4.69) is 25.7 Å². The van der Waals surface area contributed by atoms with Crippen molar-refractivity contribution in [1.82, 2.24) is 23.9 Å². The number of rotatable bonds is 5. The quantitative estimate of drug-likeness (QED) is 0.459. The van der Waals surface area contributed by atoms with Gasteiger partial charge in [0.1, 0.15) is 5.82 Å². The second-order valence-electron chi connectivity index (χ2n) is 4.41. The molecule has 0 unspecified atom stereocenters. The van der Waals surface area contributed by atoms with Crippen molar-refractivity contribution in [2.24, 2.45) is 12.9 Å². The normalized spacial score (nSPS) is 10.9. The number of nitrogens with two attached hydrogens (primary N) is 1. The summed E-state index contributed by atoms with van der Waals surface area (Å²) in [5.74, 6) is 7.71. The zero-order chi connectivity index (χ0) is 13.9. The monoisotopic (exact) mass is 272 g/mol. The smallest absolute Gasteiger partial charge is 0.180 e. The highest BCUT2D eigenvalue weighted by Gasteiger charge is 2.07. The third-order valence-electron chi connectivity index (χ3n) is 3.08. The lowest BCUT2D eigenvalue weighted by atomic mass is 10.4. The van der Waals surface area contributed by atoms with Crippen molar-refractivity contribution in [2.45, 2.75) is 6.42 Å². The number of hydrogen-bond donors (Lipinski definition) is 3. The minimum absolute atomic E-state index is 0.579. The molecule has 104 valence electrons. The van der Waals surface area contributed by atoms with Gasteiger partial charge in [0, 0.05) is 44.8 Å². The summed E-state index contributed by atoms with van der Waals surface area (Å²) in [6, 6.07) is 0. The first-order chi connectivity index (χ1) is 9.78. The molecule has 0 radical (unpaired) electrons. The molecule has 0 aliphatic heterocycles. The highest BCUT2D eigenvalue weighted by atomic mass is 15.3. The number of nitrogens with one attached hydrogen (secondary N) is 2. The van der Waals surface area contributed by atoms with Gasteiger partial charge in [-0.3, -0.25) is 0 Å². The molecule has 0 aliphatic carbocycles. The van der Waals surface area contributed by atoms with E-state index in [0.29, 0.717) is 18.2 Å². The average Bonchev–Trinajstić information content (AvgIpc) is 3.07. The number of nitrogen functional groups attached to an aromatic ring is 1. The highest BCUT2D eigenvalue weighted by Crippen LogP contribution is 2.15. The molecule has 3 rings (SSSR count). The van der Waals surface area contributed by atoms with Gasteiger partial charge in [-0.05, 0) is 0 Å². The number of hydrogen-bond acceptors (Lipinski definition) is 6. The maximum Gasteiger partial charge on any atom is 0.180 e. The van der Waals surface area contributed by atoms with Crippen LogP contribution in [0.1, 0.15) is 5.82 Å². The Labute approximate surface area is 115 Å². The molecule has 3 aromatic heterocycles. The predicted molar refractivity (Wildman–Crippen MR) is 76.2 cm³/mol. The lowest BCUT2D eigenvalue weighted by molar-refractivity contribution is 0.788. The molecule has 0 atom stereocenters. The van der Waals surface area contributed by atoms with Crippen molar-refractivity contribution in [3.05, 3.63) is 36.8 Å². The van der Waals surface area contributed by atoms with E-state index < -0.39 is 0 Å². The first kappa shape index (κ1) is 12.4. The van der Waals surface area contributed by atoms with Gasteiger partial charge in [-0.25, -0.2) is 20.8 Å². The van der Waals surface area contributed by atoms with Crippen LogP contribution in [0.4, 0.5) is 11.6 Å². The number of aromatic nitrogens is 5. The molecule has 3 heterocycles. The number of fused-ring (bicyclic) bond motifs is 1. The number of anilines is 2. The Bertz CT molecular complexity index is 713. The van der Waals surface area contributed by atoms with Crippen LogP contribution >= 0.6 is 0 Å². The molecular formula is C12H16N8. The minimum Gasteiger partial charge on any atom is -0.366 e. The van der Waals surface area contributed by atoms with Crippen LogP contribution in [0.2, 0.25) is 0 Å². The fraction of sp³-hybridized carbons (Fsp3) is 0.250. The van der Waals surface area contributed by atoms with Crippen LogP contribution < -0.4 is 16.6 Å². The number of hydrazine groups is 1. The van der Waals surface area contributed by atoms with Crippen molar-refractivity contribution < 1.29 is 0 Å². The molecule has 0 spiro atoms. The van der Waals surface area contributed by atoms with Gasteiger partial charge in [-0.1, -0.05) is 0 Å². The number of aryl methyl sites for hydroxylation is 1. The fourth-order valence-electron chi connectivity index (χ4n) is 2.05. The Morgan fingerprint density at radius 1 is 1.25 bits per heavy atom. The Morgan fingerprint density at radius 2 is 2.10 bits per heavy atom. The van der Waals surface area contributed by atoms with Crippen molar-refractivity contribution >= 4 is 17.3 Å². The van der Waals surface area contributed by atoms with Crippen LogP contribution in [0.15, 0.2) is 31.0 Å². The molecule has 4 N–H and O–H groups in total. The lowest BCUT2D eigenvalue weighted by Gasteiger charge is -2.09. The SMILES string of the molecule is Cn1ccnc1CCNc1nc(NN)cn2ccnc12. The first-order valence-corrected chi connectivity index (χ1v) is 6.28. The zero-order valence-electron chi connectivity index (χ0n) is 11.1. The van der Waals surface area contributed by atoms with Gasteiger partial charge in [0.25, 0.3) is 0 Å². The third-order valence-corrected chi connectivity index (χ3v) is 3.08. The molecule has 0 saturated heterocycles. The van der Waals surface area contributed by atoms with E-state index >= 15 is 0 Å². The molecule has 3 aromatic rings. The van der Waals surface area contributed by atoms with Gasteiger partial charge in [0.15, 0.2) is 17.3 Å². The van der Waals surface area contributed by atoms with Gasteiger partial charge in [0.05, 0.1) is 6.20 Å². The summed E-state index contributed by atoms with van der Waals surface area (Å²) in [6.45, 7) is 0.717. The molecule has 0 aliphatic rings. The summed E-state index contributed by atoms with van der Waals surface area (Å²) in [7, 11) is 1.98. The van der Waals surface area contributed by atoms with Crippen LogP contribution in [0.25, 0.3) is 5.65 Å².